The van der Waals surface area contributed by atoms with E-state index in [1.54, 1.807) is 19.1 Å². The molecule has 3 heterocycles. The number of carbonyl (C=O) groups excluding carboxylic acids is 1. The smallest absolute Gasteiger partial charge is 0.341 e. The van der Waals surface area contributed by atoms with Gasteiger partial charge in [0.2, 0.25) is 11.1 Å². The van der Waals surface area contributed by atoms with Gasteiger partial charge in [-0.2, -0.15) is 15.6 Å². The SMILES string of the molecule is CCOC(=O)c1cc2c(=O)c3cc(C4CCS(O)(O)CC4)ccc3oc2nc1N. The van der Waals surface area contributed by atoms with Crippen LogP contribution in [0.2, 0.25) is 0 Å². The number of pyridine rings is 1. The van der Waals surface area contributed by atoms with Gasteiger partial charge in [0.05, 0.1) is 17.4 Å². The first-order valence-electron chi connectivity index (χ1n) is 9.37. The number of carbonyl (C=O) groups is 1. The molecule has 0 atom stereocenters. The lowest BCUT2D eigenvalue weighted by Crippen LogP contribution is -2.19. The number of fused-ring (bicyclic) bond motifs is 2. The number of benzene rings is 1. The molecule has 8 nitrogen and oxygen atoms in total. The van der Waals surface area contributed by atoms with E-state index in [1.807, 2.05) is 6.07 Å². The third-order valence-corrected chi connectivity index (χ3v) is 7.05. The summed E-state index contributed by atoms with van der Waals surface area (Å²) < 4.78 is 30.4. The Morgan fingerprint density at radius 1 is 1.28 bits per heavy atom. The largest absolute Gasteiger partial charge is 0.462 e. The predicted octanol–water partition coefficient (Wildman–Crippen LogP) is 3.73. The summed E-state index contributed by atoms with van der Waals surface area (Å²) in [4.78, 5) is 29.3. The lowest BCUT2D eigenvalue weighted by Gasteiger charge is -2.39. The molecule has 29 heavy (non-hydrogen) atoms. The highest BCUT2D eigenvalue weighted by atomic mass is 32.3. The Morgan fingerprint density at radius 2 is 2.00 bits per heavy atom. The number of hydrogen-bond donors (Lipinski definition) is 3. The van der Waals surface area contributed by atoms with Gasteiger partial charge in [-0.15, -0.1) is 0 Å². The first-order chi connectivity index (χ1) is 13.8. The first kappa shape index (κ1) is 19.7. The standard InChI is InChI=1S/C20H22N2O6S/c1-2-27-20(24)15-10-14-17(23)13-9-12(11-5-7-29(25,26)8-6-11)3-4-16(13)28-19(14)22-18(15)21/h3-4,9-11,25-26H,2,5-8H2,1H3,(H2,21,22). The van der Waals surface area contributed by atoms with Gasteiger partial charge < -0.3 is 14.9 Å². The maximum atomic E-state index is 13.1. The van der Waals surface area contributed by atoms with E-state index in [1.165, 1.54) is 6.07 Å². The number of rotatable bonds is 3. The Hall–Kier alpha value is -2.62. The van der Waals surface area contributed by atoms with Crippen molar-refractivity contribution in [3.63, 3.8) is 0 Å². The van der Waals surface area contributed by atoms with Crippen molar-refractivity contribution in [3.8, 4) is 0 Å². The molecular formula is C20H22N2O6S. The average molecular weight is 418 g/mol. The Balaban J connectivity index is 1.81. The zero-order chi connectivity index (χ0) is 20.8. The second kappa shape index (κ2) is 7.33. The van der Waals surface area contributed by atoms with E-state index in [0.717, 1.165) is 5.56 Å². The Bertz CT molecular complexity index is 1160. The molecule has 1 aliphatic heterocycles. The molecule has 0 bridgehead atoms. The molecule has 0 radical (unpaired) electrons. The van der Waals surface area contributed by atoms with Crippen LogP contribution in [-0.2, 0) is 4.74 Å². The topological polar surface area (TPSA) is 136 Å². The normalized spacial score (nSPS) is 18.0. The van der Waals surface area contributed by atoms with Crippen molar-refractivity contribution in [3.05, 3.63) is 45.6 Å². The minimum absolute atomic E-state index is 0.0274. The summed E-state index contributed by atoms with van der Waals surface area (Å²) in [6.45, 7) is 1.86. The number of hydrogen-bond acceptors (Lipinski definition) is 8. The second-order valence-electron chi connectivity index (χ2n) is 7.17. The monoisotopic (exact) mass is 418 g/mol. The molecule has 1 aromatic carbocycles. The maximum absolute atomic E-state index is 13.1. The fourth-order valence-corrected chi connectivity index (χ4v) is 5.21. The van der Waals surface area contributed by atoms with E-state index >= 15 is 0 Å². The van der Waals surface area contributed by atoms with Crippen LogP contribution in [0.25, 0.3) is 22.1 Å². The molecule has 0 spiro atoms. The van der Waals surface area contributed by atoms with Crippen molar-refractivity contribution in [2.45, 2.75) is 25.7 Å². The third-order valence-electron chi connectivity index (χ3n) is 5.27. The van der Waals surface area contributed by atoms with Crippen molar-refractivity contribution in [1.82, 2.24) is 4.98 Å². The Kier molecular flexibility index (Phi) is 4.97. The van der Waals surface area contributed by atoms with Gasteiger partial charge in [0.25, 0.3) is 0 Å². The van der Waals surface area contributed by atoms with Crippen LogP contribution >= 0.6 is 10.6 Å². The van der Waals surface area contributed by atoms with Crippen molar-refractivity contribution < 1.29 is 23.1 Å². The van der Waals surface area contributed by atoms with Crippen molar-refractivity contribution in [2.24, 2.45) is 0 Å². The van der Waals surface area contributed by atoms with Gasteiger partial charge in [-0.25, -0.2) is 4.79 Å². The van der Waals surface area contributed by atoms with Gasteiger partial charge in [0.1, 0.15) is 17.0 Å². The molecule has 2 aromatic heterocycles. The van der Waals surface area contributed by atoms with Gasteiger partial charge in [0.15, 0.2) is 0 Å². The minimum atomic E-state index is -2.47. The zero-order valence-corrected chi connectivity index (χ0v) is 16.7. The highest BCUT2D eigenvalue weighted by molar-refractivity contribution is 8.24. The van der Waals surface area contributed by atoms with E-state index in [0.29, 0.717) is 35.3 Å². The van der Waals surface area contributed by atoms with Gasteiger partial charge in [-0.05, 0) is 49.4 Å². The quantitative estimate of drug-likeness (QED) is 0.432. The Morgan fingerprint density at radius 3 is 2.69 bits per heavy atom. The van der Waals surface area contributed by atoms with Crippen LogP contribution < -0.4 is 11.2 Å². The number of esters is 1. The van der Waals surface area contributed by atoms with E-state index in [4.69, 9.17) is 14.9 Å². The molecule has 9 heteroatoms. The predicted molar refractivity (Wildman–Crippen MR) is 113 cm³/mol. The Labute approximate surface area is 168 Å². The van der Waals surface area contributed by atoms with Crippen LogP contribution in [-0.4, -0.2) is 38.2 Å². The molecule has 1 fully saturated rings. The molecule has 1 saturated heterocycles. The van der Waals surface area contributed by atoms with Crippen LogP contribution in [0, 0.1) is 0 Å². The van der Waals surface area contributed by atoms with E-state index < -0.39 is 16.6 Å². The molecule has 0 aliphatic carbocycles. The summed E-state index contributed by atoms with van der Waals surface area (Å²) in [5.41, 5.74) is 6.96. The molecule has 0 saturated carbocycles. The second-order valence-corrected chi connectivity index (χ2v) is 9.59. The lowest BCUT2D eigenvalue weighted by molar-refractivity contribution is 0.0527. The average Bonchev–Trinajstić information content (AvgIpc) is 2.68. The van der Waals surface area contributed by atoms with Crippen molar-refractivity contribution in [2.75, 3.05) is 23.8 Å². The van der Waals surface area contributed by atoms with Gasteiger partial charge in [0, 0.05) is 11.5 Å². The zero-order valence-electron chi connectivity index (χ0n) is 15.9. The third kappa shape index (κ3) is 3.68. The maximum Gasteiger partial charge on any atom is 0.341 e. The molecule has 4 rings (SSSR count). The fourth-order valence-electron chi connectivity index (χ4n) is 3.68. The molecule has 154 valence electrons. The molecule has 0 amide bonds. The van der Waals surface area contributed by atoms with Gasteiger partial charge in [-0.3, -0.25) is 13.9 Å². The summed E-state index contributed by atoms with van der Waals surface area (Å²) in [6.07, 6.45) is 1.30. The number of ether oxygens (including phenoxy) is 1. The number of nitrogen functional groups attached to an aromatic ring is 1. The fraction of sp³-hybridized carbons (Fsp3) is 0.350. The molecule has 3 aromatic rings. The van der Waals surface area contributed by atoms with Crippen LogP contribution in [0.15, 0.2) is 33.5 Å². The summed E-state index contributed by atoms with van der Waals surface area (Å²) in [7, 11) is -2.47. The minimum Gasteiger partial charge on any atom is -0.462 e. The number of anilines is 1. The molecule has 0 unspecified atom stereocenters. The van der Waals surface area contributed by atoms with Crippen LogP contribution in [0.5, 0.6) is 0 Å². The summed E-state index contributed by atoms with van der Waals surface area (Å²) in [5, 5.41) is 0.540. The van der Waals surface area contributed by atoms with Crippen molar-refractivity contribution in [1.29, 1.82) is 0 Å². The molecule has 1 aliphatic rings. The van der Waals surface area contributed by atoms with Crippen LogP contribution in [0.1, 0.15) is 41.6 Å². The summed E-state index contributed by atoms with van der Waals surface area (Å²) >= 11 is 0. The number of aromatic nitrogens is 1. The molecular weight excluding hydrogens is 396 g/mol. The van der Waals surface area contributed by atoms with Gasteiger partial charge >= 0.3 is 5.97 Å². The lowest BCUT2D eigenvalue weighted by atomic mass is 9.92. The summed E-state index contributed by atoms with van der Waals surface area (Å²) in [6, 6.07) is 6.75. The molecule has 4 N–H and O–H groups in total. The highest BCUT2D eigenvalue weighted by Crippen LogP contribution is 2.48. The summed E-state index contributed by atoms with van der Waals surface area (Å²) in [5.74, 6) is 0.182. The van der Waals surface area contributed by atoms with E-state index in [-0.39, 0.29) is 40.4 Å². The van der Waals surface area contributed by atoms with Crippen LogP contribution in [0.4, 0.5) is 5.82 Å². The van der Waals surface area contributed by atoms with Crippen molar-refractivity contribution >= 4 is 44.4 Å². The van der Waals surface area contributed by atoms with Gasteiger partial charge in [-0.1, -0.05) is 6.07 Å². The first-order valence-corrected chi connectivity index (χ1v) is 11.3. The van der Waals surface area contributed by atoms with E-state index in [2.05, 4.69) is 4.98 Å². The number of nitrogens with two attached hydrogens (primary N) is 1. The number of nitrogens with zero attached hydrogens (tertiary/aromatic N) is 1. The highest BCUT2D eigenvalue weighted by Gasteiger charge is 2.26. The van der Waals surface area contributed by atoms with Crippen LogP contribution in [0.3, 0.4) is 0 Å². The van der Waals surface area contributed by atoms with E-state index in [9.17, 15) is 18.7 Å².